The molecule has 3 rings (SSSR count). The molecule has 0 aliphatic carbocycles. The van der Waals surface area contributed by atoms with E-state index in [0.29, 0.717) is 6.42 Å². The van der Waals surface area contributed by atoms with Crippen LogP contribution in [0.2, 0.25) is 0 Å². The van der Waals surface area contributed by atoms with Gasteiger partial charge in [0, 0.05) is 12.7 Å². The molecular formula is C15H14BrNO2. The van der Waals surface area contributed by atoms with Gasteiger partial charge in [0.1, 0.15) is 5.76 Å². The van der Waals surface area contributed by atoms with E-state index in [9.17, 15) is 4.79 Å². The third-order valence-electron chi connectivity index (χ3n) is 3.61. The second-order valence-corrected chi connectivity index (χ2v) is 5.76. The first-order valence-corrected chi connectivity index (χ1v) is 7.07. The van der Waals surface area contributed by atoms with Crippen LogP contribution in [-0.2, 0) is 11.2 Å². The molecule has 2 heterocycles. The average molecular weight is 320 g/mol. The summed E-state index contributed by atoms with van der Waals surface area (Å²) in [6.45, 7) is 2.03. The van der Waals surface area contributed by atoms with E-state index in [1.54, 1.807) is 11.2 Å². The van der Waals surface area contributed by atoms with Crippen molar-refractivity contribution in [3.05, 3.63) is 53.0 Å². The fraction of sp³-hybridized carbons (Fsp3) is 0.267. The largest absolute Gasteiger partial charge is 0.468 e. The lowest BCUT2D eigenvalue weighted by atomic mass is 10.0. The fourth-order valence-corrected chi connectivity index (χ4v) is 3.20. The molecule has 1 aliphatic rings. The number of aryl methyl sites for hydroxylation is 1. The maximum Gasteiger partial charge on any atom is 0.231 e. The Morgan fingerprint density at radius 1 is 1.37 bits per heavy atom. The minimum atomic E-state index is 0.0220. The monoisotopic (exact) mass is 319 g/mol. The number of carbonyl (C=O) groups is 1. The zero-order valence-corrected chi connectivity index (χ0v) is 12.4. The molecule has 1 aromatic heterocycles. The topological polar surface area (TPSA) is 33.5 Å². The molecule has 0 radical (unpaired) electrons. The van der Waals surface area contributed by atoms with Crippen LogP contribution in [-0.4, -0.2) is 13.0 Å². The number of carbonyl (C=O) groups excluding carboxylic acids is 1. The molecule has 3 nitrogen and oxygen atoms in total. The van der Waals surface area contributed by atoms with Crippen molar-refractivity contribution in [1.29, 1.82) is 0 Å². The number of nitrogens with zero attached hydrogens (tertiary/aromatic N) is 1. The van der Waals surface area contributed by atoms with Gasteiger partial charge in [-0.3, -0.25) is 4.79 Å². The van der Waals surface area contributed by atoms with Crippen LogP contribution < -0.4 is 4.90 Å². The Hall–Kier alpha value is -1.55. The van der Waals surface area contributed by atoms with Crippen LogP contribution in [0.15, 0.2) is 34.9 Å². The maximum atomic E-state index is 11.7. The second kappa shape index (κ2) is 4.53. The lowest BCUT2D eigenvalue weighted by molar-refractivity contribution is -0.117. The predicted molar refractivity (Wildman–Crippen MR) is 77.8 cm³/mol. The molecule has 1 unspecified atom stereocenters. The first-order chi connectivity index (χ1) is 9.08. The van der Waals surface area contributed by atoms with Gasteiger partial charge in [0.2, 0.25) is 5.91 Å². The van der Waals surface area contributed by atoms with Gasteiger partial charge in [-0.2, -0.15) is 0 Å². The molecule has 98 valence electrons. The van der Waals surface area contributed by atoms with Crippen molar-refractivity contribution in [3.8, 4) is 0 Å². The summed E-state index contributed by atoms with van der Waals surface area (Å²) in [6.07, 6.45) is 2.18. The number of anilines is 1. The normalized spacial score (nSPS) is 15.7. The lowest BCUT2D eigenvalue weighted by Crippen LogP contribution is -2.20. The molecular weight excluding hydrogens is 306 g/mol. The van der Waals surface area contributed by atoms with Crippen LogP contribution in [0, 0.1) is 6.92 Å². The zero-order chi connectivity index (χ0) is 13.6. The van der Waals surface area contributed by atoms with Gasteiger partial charge in [0.15, 0.2) is 0 Å². The van der Waals surface area contributed by atoms with Crippen molar-refractivity contribution in [2.24, 2.45) is 0 Å². The molecule has 0 bridgehead atoms. The van der Waals surface area contributed by atoms with E-state index >= 15 is 0 Å². The number of hydrogen-bond donors (Lipinski definition) is 0. The smallest absolute Gasteiger partial charge is 0.231 e. The van der Waals surface area contributed by atoms with Gasteiger partial charge in [0.25, 0.3) is 0 Å². The number of likely N-dealkylation sites (N-methyl/N-ethyl adjacent to an activating group) is 1. The Labute approximate surface area is 120 Å². The maximum absolute atomic E-state index is 11.7. The number of amides is 1. The van der Waals surface area contributed by atoms with Crippen LogP contribution >= 0.6 is 15.9 Å². The standard InChI is InChI=1S/C15H14BrNO2/c1-9-5-6-19-15(9)14(16)10-3-4-12-11(7-10)8-13(18)17(12)2/h3-7,14H,8H2,1-2H3. The SMILES string of the molecule is Cc1ccoc1C(Br)c1ccc2c(c1)CC(=O)N2C. The summed E-state index contributed by atoms with van der Waals surface area (Å²) in [5, 5.41) is 0. The van der Waals surface area contributed by atoms with Gasteiger partial charge in [0.05, 0.1) is 17.5 Å². The molecule has 1 atom stereocenters. The molecule has 1 amide bonds. The Bertz CT molecular complexity index is 647. The molecule has 19 heavy (non-hydrogen) atoms. The van der Waals surface area contributed by atoms with Gasteiger partial charge < -0.3 is 9.32 Å². The third-order valence-corrected chi connectivity index (χ3v) is 4.55. The summed E-state index contributed by atoms with van der Waals surface area (Å²) in [5.74, 6) is 1.06. The number of fused-ring (bicyclic) bond motifs is 1. The van der Waals surface area contributed by atoms with E-state index in [-0.39, 0.29) is 10.7 Å². The number of hydrogen-bond acceptors (Lipinski definition) is 2. The van der Waals surface area contributed by atoms with Gasteiger partial charge in [-0.15, -0.1) is 0 Å². The van der Waals surface area contributed by atoms with Gasteiger partial charge in [-0.1, -0.05) is 28.1 Å². The van der Waals surface area contributed by atoms with Crippen LogP contribution in [0.4, 0.5) is 5.69 Å². The summed E-state index contributed by atoms with van der Waals surface area (Å²) < 4.78 is 5.52. The van der Waals surface area contributed by atoms with Crippen molar-refractivity contribution >= 4 is 27.5 Å². The Morgan fingerprint density at radius 3 is 2.84 bits per heavy atom. The lowest BCUT2D eigenvalue weighted by Gasteiger charge is -2.13. The van der Waals surface area contributed by atoms with Crippen molar-refractivity contribution in [3.63, 3.8) is 0 Å². The number of benzene rings is 1. The highest BCUT2D eigenvalue weighted by molar-refractivity contribution is 9.09. The summed E-state index contributed by atoms with van der Waals surface area (Å²) >= 11 is 3.67. The van der Waals surface area contributed by atoms with Crippen LogP contribution in [0.25, 0.3) is 0 Å². The number of alkyl halides is 1. The van der Waals surface area contributed by atoms with Crippen LogP contribution in [0.5, 0.6) is 0 Å². The average Bonchev–Trinajstić information content (AvgIpc) is 2.93. The van der Waals surface area contributed by atoms with E-state index in [1.807, 2.05) is 32.2 Å². The molecule has 4 heteroatoms. The highest BCUT2D eigenvalue weighted by Gasteiger charge is 2.25. The van der Waals surface area contributed by atoms with Gasteiger partial charge in [-0.05, 0) is 35.7 Å². The molecule has 0 N–H and O–H groups in total. The predicted octanol–water partition coefficient (Wildman–Crippen LogP) is 3.59. The van der Waals surface area contributed by atoms with E-state index < -0.39 is 0 Å². The third kappa shape index (κ3) is 2.00. The summed E-state index contributed by atoms with van der Waals surface area (Å²) in [4.78, 5) is 13.4. The minimum Gasteiger partial charge on any atom is -0.468 e. The van der Waals surface area contributed by atoms with Crippen LogP contribution in [0.1, 0.15) is 27.3 Å². The molecule has 0 fully saturated rings. The molecule has 0 spiro atoms. The zero-order valence-electron chi connectivity index (χ0n) is 10.8. The molecule has 2 aromatic rings. The summed E-state index contributed by atoms with van der Waals surface area (Å²) in [6, 6.07) is 8.07. The van der Waals surface area contributed by atoms with Crippen molar-refractivity contribution < 1.29 is 9.21 Å². The quantitative estimate of drug-likeness (QED) is 0.792. The molecule has 0 saturated heterocycles. The van der Waals surface area contributed by atoms with Gasteiger partial charge in [-0.25, -0.2) is 0 Å². The summed E-state index contributed by atoms with van der Waals surface area (Å²) in [5.41, 5.74) is 4.32. The Balaban J connectivity index is 1.98. The molecule has 0 saturated carbocycles. The van der Waals surface area contributed by atoms with Crippen LogP contribution in [0.3, 0.4) is 0 Å². The highest BCUT2D eigenvalue weighted by Crippen LogP contribution is 2.37. The minimum absolute atomic E-state index is 0.0220. The molecule has 1 aromatic carbocycles. The van der Waals surface area contributed by atoms with E-state index in [2.05, 4.69) is 22.0 Å². The second-order valence-electron chi connectivity index (χ2n) is 4.85. The first-order valence-electron chi connectivity index (χ1n) is 6.15. The van der Waals surface area contributed by atoms with Crippen molar-refractivity contribution in [2.75, 3.05) is 11.9 Å². The van der Waals surface area contributed by atoms with Gasteiger partial charge >= 0.3 is 0 Å². The highest BCUT2D eigenvalue weighted by atomic mass is 79.9. The summed E-state index contributed by atoms with van der Waals surface area (Å²) in [7, 11) is 1.82. The number of halogens is 1. The number of rotatable bonds is 2. The van der Waals surface area contributed by atoms with E-state index in [1.165, 1.54) is 0 Å². The fourth-order valence-electron chi connectivity index (χ4n) is 2.44. The van der Waals surface area contributed by atoms with Crippen molar-refractivity contribution in [2.45, 2.75) is 18.2 Å². The Kier molecular flexibility index (Phi) is 2.97. The Morgan fingerprint density at radius 2 is 2.16 bits per heavy atom. The van der Waals surface area contributed by atoms with E-state index in [0.717, 1.165) is 28.1 Å². The first kappa shape index (κ1) is 12.5. The molecule has 1 aliphatic heterocycles. The van der Waals surface area contributed by atoms with Crippen molar-refractivity contribution in [1.82, 2.24) is 0 Å². The van der Waals surface area contributed by atoms with E-state index in [4.69, 9.17) is 4.42 Å². The number of furan rings is 1.